The number of nitrogens with zero attached hydrogens (tertiary/aromatic N) is 1. The Morgan fingerprint density at radius 1 is 1.16 bits per heavy atom. The molecule has 12 nitrogen and oxygen atoms in total. The van der Waals surface area contributed by atoms with Crippen molar-refractivity contribution in [1.82, 2.24) is 20.9 Å². The van der Waals surface area contributed by atoms with Crippen molar-refractivity contribution in [2.75, 3.05) is 13.1 Å². The molecule has 37 heavy (non-hydrogen) atoms. The van der Waals surface area contributed by atoms with Crippen LogP contribution in [-0.4, -0.2) is 83.2 Å². The van der Waals surface area contributed by atoms with Gasteiger partial charge in [0.2, 0.25) is 23.6 Å². The van der Waals surface area contributed by atoms with Gasteiger partial charge in [-0.3, -0.25) is 24.0 Å². The Morgan fingerprint density at radius 3 is 2.41 bits per heavy atom. The van der Waals surface area contributed by atoms with Gasteiger partial charge in [0, 0.05) is 13.3 Å². The fourth-order valence-electron chi connectivity index (χ4n) is 3.99. The smallest absolute Gasteiger partial charge is 0.305 e. The number of benzene rings is 1. The first-order chi connectivity index (χ1) is 17.5. The summed E-state index contributed by atoms with van der Waals surface area (Å²) in [4.78, 5) is 73.8. The van der Waals surface area contributed by atoms with E-state index in [-0.39, 0.29) is 24.8 Å². The summed E-state index contributed by atoms with van der Waals surface area (Å²) in [5, 5.41) is 16.4. The highest BCUT2D eigenvalue weighted by molar-refractivity contribution is 5.93. The van der Waals surface area contributed by atoms with Gasteiger partial charge in [0.25, 0.3) is 0 Å². The van der Waals surface area contributed by atoms with Gasteiger partial charge in [-0.05, 0) is 18.1 Å². The summed E-state index contributed by atoms with van der Waals surface area (Å²) in [5.74, 6) is -3.08. The minimum Gasteiger partial charge on any atom is -0.488 e. The van der Waals surface area contributed by atoms with Crippen LogP contribution >= 0.6 is 0 Å². The van der Waals surface area contributed by atoms with Crippen LogP contribution in [0.15, 0.2) is 30.3 Å². The van der Waals surface area contributed by atoms with Crippen molar-refractivity contribution in [2.45, 2.75) is 64.3 Å². The number of aliphatic carboxylic acids is 1. The molecule has 0 saturated carbocycles. The zero-order valence-electron chi connectivity index (χ0n) is 21.1. The van der Waals surface area contributed by atoms with Gasteiger partial charge >= 0.3 is 5.97 Å². The van der Waals surface area contributed by atoms with Crippen LogP contribution in [0.5, 0.6) is 5.75 Å². The number of hydrogen-bond acceptors (Lipinski definition) is 7. The summed E-state index contributed by atoms with van der Waals surface area (Å²) in [5.41, 5.74) is 0. The van der Waals surface area contributed by atoms with E-state index in [0.29, 0.717) is 18.5 Å². The number of carboxylic acids is 1. The SMILES string of the molecule is CC[C@H](C)[C@H](NC(C)=O)C(=O)NCC(=O)N1CC(Oc2ccccc2)C[C@H]1C(=O)N[C@H](C=O)CC(=O)O. The Hall–Kier alpha value is -3.96. The van der Waals surface area contributed by atoms with E-state index >= 15 is 0 Å². The minimum atomic E-state index is -1.26. The number of aldehydes is 1. The summed E-state index contributed by atoms with van der Waals surface area (Å²) < 4.78 is 5.91. The molecule has 1 aliphatic rings. The third-order valence-corrected chi connectivity index (χ3v) is 6.09. The highest BCUT2D eigenvalue weighted by Gasteiger charge is 2.41. The van der Waals surface area contributed by atoms with E-state index in [1.54, 1.807) is 31.2 Å². The first-order valence-electron chi connectivity index (χ1n) is 12.1. The fraction of sp³-hybridized carbons (Fsp3) is 0.520. The van der Waals surface area contributed by atoms with Crippen LogP contribution in [0, 0.1) is 5.92 Å². The minimum absolute atomic E-state index is 0.0346. The molecule has 1 aliphatic heterocycles. The molecule has 0 spiro atoms. The average Bonchev–Trinajstić information content (AvgIpc) is 3.28. The van der Waals surface area contributed by atoms with Gasteiger partial charge in [0.1, 0.15) is 30.2 Å². The van der Waals surface area contributed by atoms with Gasteiger partial charge in [0.15, 0.2) is 0 Å². The molecular weight excluding hydrogens is 484 g/mol. The van der Waals surface area contributed by atoms with Gasteiger partial charge in [-0.25, -0.2) is 0 Å². The quantitative estimate of drug-likeness (QED) is 0.261. The van der Waals surface area contributed by atoms with E-state index in [1.807, 2.05) is 13.0 Å². The molecule has 12 heteroatoms. The van der Waals surface area contributed by atoms with E-state index in [2.05, 4.69) is 16.0 Å². The molecule has 1 heterocycles. The first-order valence-corrected chi connectivity index (χ1v) is 12.1. The monoisotopic (exact) mass is 518 g/mol. The summed E-state index contributed by atoms with van der Waals surface area (Å²) in [7, 11) is 0. The van der Waals surface area contributed by atoms with E-state index in [4.69, 9.17) is 9.84 Å². The second-order valence-corrected chi connectivity index (χ2v) is 8.98. The van der Waals surface area contributed by atoms with Gasteiger partial charge in [0.05, 0.1) is 25.6 Å². The Morgan fingerprint density at radius 2 is 1.84 bits per heavy atom. The van der Waals surface area contributed by atoms with Crippen LogP contribution in [0.25, 0.3) is 0 Å². The molecule has 1 aromatic carbocycles. The maximum atomic E-state index is 13.1. The van der Waals surface area contributed by atoms with E-state index < -0.39 is 60.9 Å². The summed E-state index contributed by atoms with van der Waals surface area (Å²) in [6.07, 6.45) is -0.119. The molecule has 0 aliphatic carbocycles. The molecule has 0 aromatic heterocycles. The number of carbonyl (C=O) groups excluding carboxylic acids is 5. The highest BCUT2D eigenvalue weighted by atomic mass is 16.5. The van der Waals surface area contributed by atoms with Crippen LogP contribution < -0.4 is 20.7 Å². The number of hydrogen-bond donors (Lipinski definition) is 4. The van der Waals surface area contributed by atoms with Gasteiger partial charge in [-0.1, -0.05) is 38.5 Å². The lowest BCUT2D eigenvalue weighted by Crippen LogP contribution is -2.54. The lowest BCUT2D eigenvalue weighted by Gasteiger charge is -2.26. The van der Waals surface area contributed by atoms with Crippen molar-refractivity contribution >= 4 is 35.9 Å². The number of ether oxygens (including phenoxy) is 1. The molecule has 4 amide bonds. The van der Waals surface area contributed by atoms with Gasteiger partial charge < -0.3 is 35.5 Å². The average molecular weight is 519 g/mol. The van der Waals surface area contributed by atoms with Crippen LogP contribution in [-0.2, 0) is 28.8 Å². The molecule has 5 atom stereocenters. The predicted molar refractivity (Wildman–Crippen MR) is 131 cm³/mol. The Labute approximate surface area is 215 Å². The van der Waals surface area contributed by atoms with E-state index in [0.717, 1.165) is 0 Å². The van der Waals surface area contributed by atoms with Gasteiger partial charge in [-0.15, -0.1) is 0 Å². The maximum Gasteiger partial charge on any atom is 0.305 e. The topological polar surface area (TPSA) is 171 Å². The number of amides is 4. The first kappa shape index (κ1) is 29.3. The molecule has 202 valence electrons. The normalized spacial score (nSPS) is 19.2. The highest BCUT2D eigenvalue weighted by Crippen LogP contribution is 2.23. The third-order valence-electron chi connectivity index (χ3n) is 6.09. The molecular formula is C25H34N4O8. The second kappa shape index (κ2) is 14.0. The molecule has 1 aromatic rings. The standard InChI is InChI=1S/C25H34N4O8/c1-4-15(2)23(27-16(3)31)25(36)26-12-21(32)29-13-19(37-18-8-6-5-7-9-18)11-20(29)24(35)28-17(14-30)10-22(33)34/h5-9,14-15,17,19-20,23H,4,10-13H2,1-3H3,(H,26,36)(H,27,31)(H,28,35)(H,33,34)/t15-,17-,19?,20-,23-/m0/s1. The summed E-state index contributed by atoms with van der Waals surface area (Å²) in [6.45, 7) is 4.57. The lowest BCUT2D eigenvalue weighted by molar-refractivity contribution is -0.141. The molecule has 1 saturated heterocycles. The van der Waals surface area contributed by atoms with E-state index in [1.165, 1.54) is 11.8 Å². The number of rotatable bonds is 13. The molecule has 4 N–H and O–H groups in total. The van der Waals surface area contributed by atoms with Crippen molar-refractivity contribution < 1.29 is 38.6 Å². The summed E-state index contributed by atoms with van der Waals surface area (Å²) in [6, 6.07) is 5.68. The summed E-state index contributed by atoms with van der Waals surface area (Å²) >= 11 is 0. The second-order valence-electron chi connectivity index (χ2n) is 8.98. The molecule has 2 rings (SSSR count). The number of carboxylic acid groups (broad SMARTS) is 1. The molecule has 0 radical (unpaired) electrons. The molecule has 1 unspecified atom stereocenters. The lowest BCUT2D eigenvalue weighted by atomic mass is 9.98. The van der Waals surface area contributed by atoms with Crippen LogP contribution in [0.1, 0.15) is 40.0 Å². The number of likely N-dealkylation sites (tertiary alicyclic amines) is 1. The van der Waals surface area contributed by atoms with Crippen molar-refractivity contribution in [3.8, 4) is 5.75 Å². The van der Waals surface area contributed by atoms with E-state index in [9.17, 15) is 28.8 Å². The van der Waals surface area contributed by atoms with Crippen LogP contribution in [0.2, 0.25) is 0 Å². The Balaban J connectivity index is 2.14. The predicted octanol–water partition coefficient (Wildman–Crippen LogP) is -0.140. The molecule has 0 bridgehead atoms. The van der Waals surface area contributed by atoms with Crippen molar-refractivity contribution in [1.29, 1.82) is 0 Å². The van der Waals surface area contributed by atoms with Crippen molar-refractivity contribution in [3.63, 3.8) is 0 Å². The maximum absolute atomic E-state index is 13.1. The van der Waals surface area contributed by atoms with Crippen molar-refractivity contribution in [2.24, 2.45) is 5.92 Å². The van der Waals surface area contributed by atoms with Crippen LogP contribution in [0.4, 0.5) is 0 Å². The number of nitrogens with one attached hydrogen (secondary N) is 3. The van der Waals surface area contributed by atoms with Crippen LogP contribution in [0.3, 0.4) is 0 Å². The Kier molecular flexibility index (Phi) is 11.0. The number of carbonyl (C=O) groups is 6. The fourth-order valence-corrected chi connectivity index (χ4v) is 3.99. The third kappa shape index (κ3) is 8.89. The zero-order valence-corrected chi connectivity index (χ0v) is 21.1. The number of para-hydroxylation sites is 1. The largest absolute Gasteiger partial charge is 0.488 e. The van der Waals surface area contributed by atoms with Crippen molar-refractivity contribution in [3.05, 3.63) is 30.3 Å². The zero-order chi connectivity index (χ0) is 27.5. The molecule has 1 fully saturated rings. The van der Waals surface area contributed by atoms with Gasteiger partial charge in [-0.2, -0.15) is 0 Å². The Bertz CT molecular complexity index is 986.